The molecule has 0 aliphatic carbocycles. The molecule has 0 fully saturated rings. The van der Waals surface area contributed by atoms with Crippen LogP contribution in [-0.2, 0) is 4.79 Å². The summed E-state index contributed by atoms with van der Waals surface area (Å²) in [7, 11) is 0. The summed E-state index contributed by atoms with van der Waals surface area (Å²) in [5.74, 6) is 0.379. The third kappa shape index (κ3) is 6.80. The van der Waals surface area contributed by atoms with E-state index in [9.17, 15) is 9.59 Å². The summed E-state index contributed by atoms with van der Waals surface area (Å²) < 4.78 is 16.8. The molecular weight excluding hydrogens is 386 g/mol. The topological polar surface area (TPSA) is 98.2 Å². The van der Waals surface area contributed by atoms with Crippen molar-refractivity contribution in [3.05, 3.63) is 53.6 Å². The van der Waals surface area contributed by atoms with Gasteiger partial charge in [-0.1, -0.05) is 30.3 Å². The van der Waals surface area contributed by atoms with Crippen molar-refractivity contribution in [3.8, 4) is 17.2 Å². The Bertz CT molecular complexity index is 841. The fourth-order valence-corrected chi connectivity index (χ4v) is 2.54. The van der Waals surface area contributed by atoms with Gasteiger partial charge in [-0.25, -0.2) is 5.43 Å². The molecule has 0 aromatic heterocycles. The molecule has 0 radical (unpaired) electrons. The Balaban J connectivity index is 2.02. The van der Waals surface area contributed by atoms with Crippen LogP contribution in [0, 0.1) is 0 Å². The summed E-state index contributed by atoms with van der Waals surface area (Å²) in [6, 6.07) is 12.5. The maximum Gasteiger partial charge on any atom is 0.259 e. The monoisotopic (exact) mass is 413 g/mol. The SMILES string of the molecule is CCOc1cc(C(=O)NCC(=O)N/N=C\c2ccccc2)cc(OCC)c1OCC. The van der Waals surface area contributed by atoms with Crippen LogP contribution in [0.3, 0.4) is 0 Å². The second-order valence-corrected chi connectivity index (χ2v) is 5.99. The number of nitrogens with one attached hydrogen (secondary N) is 2. The van der Waals surface area contributed by atoms with E-state index in [1.807, 2.05) is 51.1 Å². The lowest BCUT2D eigenvalue weighted by Gasteiger charge is -2.17. The zero-order valence-corrected chi connectivity index (χ0v) is 17.4. The average Bonchev–Trinajstić information content (AvgIpc) is 2.75. The van der Waals surface area contributed by atoms with Gasteiger partial charge in [-0.3, -0.25) is 9.59 Å². The van der Waals surface area contributed by atoms with Crippen LogP contribution < -0.4 is 25.0 Å². The number of hydrogen-bond donors (Lipinski definition) is 2. The minimum absolute atomic E-state index is 0.230. The number of ether oxygens (including phenoxy) is 3. The van der Waals surface area contributed by atoms with Gasteiger partial charge in [-0.2, -0.15) is 5.10 Å². The Hall–Kier alpha value is -3.55. The van der Waals surface area contributed by atoms with Crippen molar-refractivity contribution in [2.45, 2.75) is 20.8 Å². The summed E-state index contributed by atoms with van der Waals surface area (Å²) in [5, 5.41) is 6.43. The van der Waals surface area contributed by atoms with Gasteiger partial charge in [0.25, 0.3) is 11.8 Å². The largest absolute Gasteiger partial charge is 0.490 e. The first-order chi connectivity index (χ1) is 14.6. The van der Waals surface area contributed by atoms with Crippen LogP contribution in [-0.4, -0.2) is 44.4 Å². The van der Waals surface area contributed by atoms with E-state index >= 15 is 0 Å². The van der Waals surface area contributed by atoms with Gasteiger partial charge < -0.3 is 19.5 Å². The lowest BCUT2D eigenvalue weighted by atomic mass is 10.1. The normalized spacial score (nSPS) is 10.5. The molecule has 160 valence electrons. The smallest absolute Gasteiger partial charge is 0.259 e. The summed E-state index contributed by atoms with van der Waals surface area (Å²) >= 11 is 0. The second kappa shape index (κ2) is 12.1. The first-order valence-electron chi connectivity index (χ1n) is 9.80. The van der Waals surface area contributed by atoms with Crippen molar-refractivity contribution in [1.29, 1.82) is 0 Å². The van der Waals surface area contributed by atoms with Crippen molar-refractivity contribution in [1.82, 2.24) is 10.7 Å². The number of carbonyl (C=O) groups excluding carboxylic acids is 2. The highest BCUT2D eigenvalue weighted by Gasteiger charge is 2.18. The molecule has 0 saturated heterocycles. The van der Waals surface area contributed by atoms with Crippen LogP contribution in [0.2, 0.25) is 0 Å². The molecule has 0 atom stereocenters. The maximum atomic E-state index is 12.5. The molecule has 0 saturated carbocycles. The molecule has 8 nitrogen and oxygen atoms in total. The van der Waals surface area contributed by atoms with Crippen molar-refractivity contribution >= 4 is 18.0 Å². The van der Waals surface area contributed by atoms with Crippen molar-refractivity contribution in [2.75, 3.05) is 26.4 Å². The standard InChI is InChI=1S/C22H27N3O5/c1-4-28-18-12-17(13-19(29-5-2)21(18)30-6-3)22(27)23-15-20(26)25-24-14-16-10-8-7-9-11-16/h7-14H,4-6,15H2,1-3H3,(H,23,27)(H,25,26)/b24-14-. The molecule has 0 aliphatic rings. The van der Waals surface area contributed by atoms with Gasteiger partial charge in [0.15, 0.2) is 11.5 Å². The van der Waals surface area contributed by atoms with Crippen LogP contribution in [0.5, 0.6) is 17.2 Å². The Kier molecular flexibility index (Phi) is 9.18. The molecule has 0 aliphatic heterocycles. The van der Waals surface area contributed by atoms with E-state index in [0.29, 0.717) is 42.6 Å². The van der Waals surface area contributed by atoms with Gasteiger partial charge in [0.05, 0.1) is 32.6 Å². The molecule has 2 amide bonds. The Morgan fingerprint density at radius 1 is 0.933 bits per heavy atom. The van der Waals surface area contributed by atoms with Crippen LogP contribution in [0.15, 0.2) is 47.6 Å². The molecule has 2 aromatic rings. The highest BCUT2D eigenvalue weighted by atomic mass is 16.5. The highest BCUT2D eigenvalue weighted by molar-refractivity contribution is 5.97. The van der Waals surface area contributed by atoms with Gasteiger partial charge in [0, 0.05) is 5.56 Å². The van der Waals surface area contributed by atoms with Gasteiger partial charge in [0.2, 0.25) is 5.75 Å². The fraction of sp³-hybridized carbons (Fsp3) is 0.318. The van der Waals surface area contributed by atoms with Gasteiger partial charge in [-0.05, 0) is 38.5 Å². The summed E-state index contributed by atoms with van der Waals surface area (Å²) in [6.45, 7) is 6.52. The molecule has 30 heavy (non-hydrogen) atoms. The number of hydrazone groups is 1. The average molecular weight is 413 g/mol. The number of hydrogen-bond acceptors (Lipinski definition) is 6. The molecule has 2 aromatic carbocycles. The van der Waals surface area contributed by atoms with E-state index < -0.39 is 11.8 Å². The maximum absolute atomic E-state index is 12.5. The quantitative estimate of drug-likeness (QED) is 0.436. The fourth-order valence-electron chi connectivity index (χ4n) is 2.54. The van der Waals surface area contributed by atoms with Crippen LogP contribution >= 0.6 is 0 Å². The van der Waals surface area contributed by atoms with Crippen molar-refractivity contribution in [3.63, 3.8) is 0 Å². The van der Waals surface area contributed by atoms with E-state index in [-0.39, 0.29) is 6.54 Å². The molecule has 8 heteroatoms. The van der Waals surface area contributed by atoms with Crippen LogP contribution in [0.4, 0.5) is 0 Å². The molecular formula is C22H27N3O5. The molecule has 2 N–H and O–H groups in total. The predicted octanol–water partition coefficient (Wildman–Crippen LogP) is 2.76. The molecule has 2 rings (SSSR count). The lowest BCUT2D eigenvalue weighted by molar-refractivity contribution is -0.120. The second-order valence-electron chi connectivity index (χ2n) is 5.99. The van der Waals surface area contributed by atoms with E-state index in [4.69, 9.17) is 14.2 Å². The van der Waals surface area contributed by atoms with Gasteiger partial charge in [0.1, 0.15) is 0 Å². The lowest BCUT2D eigenvalue weighted by Crippen LogP contribution is -2.35. The Labute approximate surface area is 176 Å². The van der Waals surface area contributed by atoms with Gasteiger partial charge in [-0.15, -0.1) is 0 Å². The number of carbonyl (C=O) groups is 2. The summed E-state index contributed by atoms with van der Waals surface area (Å²) in [5.41, 5.74) is 3.52. The number of benzene rings is 2. The summed E-state index contributed by atoms with van der Waals surface area (Å²) in [4.78, 5) is 24.5. The van der Waals surface area contributed by atoms with Crippen molar-refractivity contribution < 1.29 is 23.8 Å². The minimum atomic E-state index is -0.448. The van der Waals surface area contributed by atoms with E-state index in [0.717, 1.165) is 5.56 Å². The van der Waals surface area contributed by atoms with Gasteiger partial charge >= 0.3 is 0 Å². The number of rotatable bonds is 11. The van der Waals surface area contributed by atoms with Crippen LogP contribution in [0.1, 0.15) is 36.7 Å². The zero-order valence-electron chi connectivity index (χ0n) is 17.4. The first kappa shape index (κ1) is 22.7. The zero-order chi connectivity index (χ0) is 21.8. The third-order valence-corrected chi connectivity index (χ3v) is 3.78. The van der Waals surface area contributed by atoms with Crippen molar-refractivity contribution in [2.24, 2.45) is 5.10 Å². The molecule has 0 bridgehead atoms. The van der Waals surface area contributed by atoms with E-state index in [1.54, 1.807) is 12.1 Å². The van der Waals surface area contributed by atoms with E-state index in [2.05, 4.69) is 15.8 Å². The van der Waals surface area contributed by atoms with E-state index in [1.165, 1.54) is 6.21 Å². The molecule has 0 spiro atoms. The Morgan fingerprint density at radius 2 is 1.53 bits per heavy atom. The third-order valence-electron chi connectivity index (χ3n) is 3.78. The Morgan fingerprint density at radius 3 is 2.10 bits per heavy atom. The first-order valence-corrected chi connectivity index (χ1v) is 9.80. The number of amides is 2. The highest BCUT2D eigenvalue weighted by Crippen LogP contribution is 2.39. The predicted molar refractivity (Wildman–Crippen MR) is 114 cm³/mol. The molecule has 0 heterocycles. The van der Waals surface area contributed by atoms with Crippen LogP contribution in [0.25, 0.3) is 0 Å². The molecule has 0 unspecified atom stereocenters. The minimum Gasteiger partial charge on any atom is -0.490 e. The summed E-state index contributed by atoms with van der Waals surface area (Å²) in [6.07, 6.45) is 1.52. The number of nitrogens with zero attached hydrogens (tertiary/aromatic N) is 1.